The smallest absolute Gasteiger partial charge is 0.319 e. The first kappa shape index (κ1) is 30.1. The van der Waals surface area contributed by atoms with Crippen LogP contribution < -0.4 is 10.6 Å². The summed E-state index contributed by atoms with van der Waals surface area (Å²) in [4.78, 5) is 46.2. The van der Waals surface area contributed by atoms with Crippen LogP contribution in [0, 0.1) is 0 Å². The van der Waals surface area contributed by atoms with Crippen LogP contribution in [0.5, 0.6) is 0 Å². The molecule has 1 saturated carbocycles. The van der Waals surface area contributed by atoms with E-state index in [-0.39, 0.29) is 41.2 Å². The highest BCUT2D eigenvalue weighted by Crippen LogP contribution is 2.44. The molecule has 1 aromatic heterocycles. The fraction of sp³-hybridized carbons (Fsp3) is 0.562. The van der Waals surface area contributed by atoms with Crippen LogP contribution in [0.25, 0.3) is 11.1 Å². The predicted molar refractivity (Wildman–Crippen MR) is 160 cm³/mol. The van der Waals surface area contributed by atoms with Gasteiger partial charge in [-0.25, -0.2) is 4.98 Å². The number of carbonyl (C=O) groups is 3. The summed E-state index contributed by atoms with van der Waals surface area (Å²) in [6.45, 7) is 10.1. The quantitative estimate of drug-likeness (QED) is 0.414. The van der Waals surface area contributed by atoms with Crippen LogP contribution in [-0.4, -0.2) is 96.2 Å². The Morgan fingerprint density at radius 1 is 1.02 bits per heavy atom. The van der Waals surface area contributed by atoms with Crippen molar-refractivity contribution in [3.63, 3.8) is 0 Å². The molecule has 10 nitrogen and oxygen atoms in total. The number of benzene rings is 1. The van der Waals surface area contributed by atoms with Crippen molar-refractivity contribution < 1.29 is 23.9 Å². The Hall–Kier alpha value is -3.34. The summed E-state index contributed by atoms with van der Waals surface area (Å²) >= 11 is 0. The van der Waals surface area contributed by atoms with E-state index in [2.05, 4.69) is 39.6 Å². The van der Waals surface area contributed by atoms with Gasteiger partial charge in [0.05, 0.1) is 31.0 Å². The maximum Gasteiger partial charge on any atom is 0.319 e. The Labute approximate surface area is 248 Å². The lowest BCUT2D eigenvalue weighted by Gasteiger charge is -2.55. The summed E-state index contributed by atoms with van der Waals surface area (Å²) in [5.74, 6) is -0.636. The molecule has 42 heavy (non-hydrogen) atoms. The number of nitrogens with zero attached hydrogens (tertiary/aromatic N) is 3. The van der Waals surface area contributed by atoms with Crippen molar-refractivity contribution in [2.45, 2.75) is 64.0 Å². The van der Waals surface area contributed by atoms with E-state index in [1.807, 2.05) is 30.0 Å². The molecule has 0 radical (unpaired) electrons. The van der Waals surface area contributed by atoms with Crippen LogP contribution in [0.4, 0.5) is 5.69 Å². The van der Waals surface area contributed by atoms with Crippen molar-refractivity contribution in [2.75, 3.05) is 57.8 Å². The number of ether oxygens (including phenoxy) is 2. The zero-order valence-electron chi connectivity index (χ0n) is 25.0. The maximum atomic E-state index is 13.6. The van der Waals surface area contributed by atoms with Crippen molar-refractivity contribution in [3.05, 3.63) is 47.8 Å². The number of nitrogens with one attached hydrogen (secondary N) is 2. The van der Waals surface area contributed by atoms with Gasteiger partial charge in [0, 0.05) is 56.9 Å². The number of fused-ring (bicyclic) bond motifs is 3. The molecule has 2 bridgehead atoms. The molecule has 6 rings (SSSR count). The molecule has 3 aliphatic heterocycles. The third-order valence-corrected chi connectivity index (χ3v) is 8.93. The van der Waals surface area contributed by atoms with E-state index >= 15 is 0 Å². The molecule has 0 spiro atoms. The van der Waals surface area contributed by atoms with Crippen LogP contribution in [0.3, 0.4) is 0 Å². The highest BCUT2D eigenvalue weighted by molar-refractivity contribution is 6.02. The van der Waals surface area contributed by atoms with Gasteiger partial charge >= 0.3 is 5.97 Å². The number of pyridine rings is 1. The lowest BCUT2D eigenvalue weighted by molar-refractivity contribution is -0.174. The normalized spacial score (nSPS) is 23.9. The molecule has 0 unspecified atom stereocenters. The van der Waals surface area contributed by atoms with E-state index in [9.17, 15) is 14.4 Å². The van der Waals surface area contributed by atoms with Gasteiger partial charge in [-0.1, -0.05) is 31.2 Å². The Morgan fingerprint density at radius 2 is 1.79 bits per heavy atom. The van der Waals surface area contributed by atoms with Crippen LogP contribution in [-0.2, 0) is 25.5 Å². The summed E-state index contributed by atoms with van der Waals surface area (Å²) in [6, 6.07) is 10.1. The second kappa shape index (κ2) is 12.9. The van der Waals surface area contributed by atoms with Gasteiger partial charge < -0.3 is 19.7 Å². The maximum absolute atomic E-state index is 13.6. The zero-order chi connectivity index (χ0) is 29.7. The Bertz CT molecular complexity index is 1280. The molecule has 4 aliphatic rings. The summed E-state index contributed by atoms with van der Waals surface area (Å²) in [6.07, 6.45) is 6.47. The van der Waals surface area contributed by atoms with E-state index in [4.69, 9.17) is 9.47 Å². The topological polar surface area (TPSA) is 113 Å². The van der Waals surface area contributed by atoms with Crippen molar-refractivity contribution in [1.82, 2.24) is 20.1 Å². The lowest BCUT2D eigenvalue weighted by Crippen LogP contribution is -2.65. The Balaban J connectivity index is 1.18. The number of amides is 2. The van der Waals surface area contributed by atoms with Gasteiger partial charge in [0.15, 0.2) is 5.69 Å². The highest BCUT2D eigenvalue weighted by Gasteiger charge is 2.50. The summed E-state index contributed by atoms with van der Waals surface area (Å²) < 4.78 is 11.5. The Morgan fingerprint density at radius 3 is 2.43 bits per heavy atom. The van der Waals surface area contributed by atoms with Crippen LogP contribution in [0.15, 0.2) is 36.5 Å². The number of hydrogen-bond acceptors (Lipinski definition) is 8. The van der Waals surface area contributed by atoms with Crippen molar-refractivity contribution >= 4 is 23.5 Å². The van der Waals surface area contributed by atoms with E-state index in [0.717, 1.165) is 62.9 Å². The predicted octanol–water partition coefficient (Wildman–Crippen LogP) is 3.26. The van der Waals surface area contributed by atoms with Crippen LogP contribution in [0.2, 0.25) is 0 Å². The minimum absolute atomic E-state index is 0.146. The minimum atomic E-state index is -0.241. The number of carbonyl (C=O) groups excluding carboxylic acids is 3. The summed E-state index contributed by atoms with van der Waals surface area (Å²) in [7, 11) is 0. The van der Waals surface area contributed by atoms with Gasteiger partial charge in [-0.2, -0.15) is 0 Å². The first-order valence-electron chi connectivity index (χ1n) is 15.2. The lowest BCUT2D eigenvalue weighted by atomic mass is 9.71. The summed E-state index contributed by atoms with van der Waals surface area (Å²) in [5, 5.41) is 6.24. The standard InChI is InChI=1S/C32H43N5O5/c1-4-24-7-6-8-25(17-24)26-18-27(35-23(3)38)29(33-19-26)30(40)37-15-13-36(14-16-37)21-32-11-9-31(10-12-32,22-42-32)34-20-28(39)41-5-2/h6-8,17-19,34H,4-5,9-16,20-22H2,1-3H3,(H,35,38). The number of piperazine rings is 1. The molecular weight excluding hydrogens is 534 g/mol. The Kier molecular flexibility index (Phi) is 9.25. The molecule has 0 atom stereocenters. The SMILES string of the molecule is CCOC(=O)CNC12CCC(CN3CCN(C(=O)c4ncc(-c5cccc(CC)c5)cc4NC(C)=O)CC3)(CC1)OC2. The minimum Gasteiger partial charge on any atom is -0.465 e. The molecule has 4 heterocycles. The molecule has 1 aliphatic carbocycles. The van der Waals surface area contributed by atoms with Gasteiger partial charge in [0.2, 0.25) is 5.91 Å². The fourth-order valence-electron chi connectivity index (χ4n) is 6.38. The molecule has 1 aromatic carbocycles. The zero-order valence-corrected chi connectivity index (χ0v) is 25.0. The first-order chi connectivity index (χ1) is 20.2. The average molecular weight is 578 g/mol. The van der Waals surface area contributed by atoms with E-state index in [0.29, 0.717) is 32.0 Å². The van der Waals surface area contributed by atoms with E-state index in [1.54, 1.807) is 6.20 Å². The van der Waals surface area contributed by atoms with Gasteiger partial charge in [0.1, 0.15) is 0 Å². The number of anilines is 1. The molecule has 2 amide bonds. The van der Waals surface area contributed by atoms with E-state index in [1.165, 1.54) is 12.5 Å². The number of rotatable bonds is 10. The fourth-order valence-corrected chi connectivity index (χ4v) is 6.38. The number of esters is 1. The van der Waals surface area contributed by atoms with E-state index < -0.39 is 0 Å². The molecule has 3 saturated heterocycles. The van der Waals surface area contributed by atoms with Crippen LogP contribution >= 0.6 is 0 Å². The number of aryl methyl sites for hydroxylation is 1. The van der Waals surface area contributed by atoms with Gasteiger partial charge in [0.25, 0.3) is 5.91 Å². The van der Waals surface area contributed by atoms with Crippen molar-refractivity contribution in [2.24, 2.45) is 0 Å². The monoisotopic (exact) mass is 577 g/mol. The average Bonchev–Trinajstić information content (AvgIpc) is 3.01. The molecule has 2 N–H and O–H groups in total. The highest BCUT2D eigenvalue weighted by atomic mass is 16.5. The third kappa shape index (κ3) is 6.82. The molecule has 2 aromatic rings. The molecule has 10 heteroatoms. The third-order valence-electron chi connectivity index (χ3n) is 8.93. The van der Waals surface area contributed by atoms with Crippen molar-refractivity contribution in [1.29, 1.82) is 0 Å². The first-order valence-corrected chi connectivity index (χ1v) is 15.2. The molecule has 226 valence electrons. The largest absolute Gasteiger partial charge is 0.465 e. The van der Waals surface area contributed by atoms with Gasteiger partial charge in [-0.15, -0.1) is 0 Å². The van der Waals surface area contributed by atoms with Crippen molar-refractivity contribution in [3.8, 4) is 11.1 Å². The van der Waals surface area contributed by atoms with Crippen LogP contribution in [0.1, 0.15) is 62.5 Å². The molecule has 4 fully saturated rings. The second-order valence-corrected chi connectivity index (χ2v) is 11.8. The second-order valence-electron chi connectivity index (χ2n) is 11.8. The van der Waals surface area contributed by atoms with Gasteiger partial charge in [-0.05, 0) is 56.2 Å². The number of aromatic nitrogens is 1. The number of hydrogen-bond donors (Lipinski definition) is 2. The van der Waals surface area contributed by atoms with Gasteiger partial charge in [-0.3, -0.25) is 24.6 Å². The summed E-state index contributed by atoms with van der Waals surface area (Å²) in [5.41, 5.74) is 3.45. The molecular formula is C32H43N5O5.